The summed E-state index contributed by atoms with van der Waals surface area (Å²) in [7, 11) is 1.52. The first-order valence-corrected chi connectivity index (χ1v) is 8.78. The van der Waals surface area contributed by atoms with E-state index in [1.807, 2.05) is 18.2 Å². The molecule has 1 saturated heterocycles. The first-order chi connectivity index (χ1) is 12.3. The van der Waals surface area contributed by atoms with Gasteiger partial charge in [0.1, 0.15) is 12.4 Å². The molecule has 2 aromatic rings. The lowest BCUT2D eigenvalue weighted by Crippen LogP contribution is -2.38. The van der Waals surface area contributed by atoms with Crippen molar-refractivity contribution in [2.24, 2.45) is 0 Å². The average molecular weight is 346 g/mol. The van der Waals surface area contributed by atoms with Gasteiger partial charge in [0, 0.05) is 46.3 Å². The maximum Gasteiger partial charge on any atom is 0.245 e. The maximum absolute atomic E-state index is 11.5. The smallest absolute Gasteiger partial charge is 0.245 e. The van der Waals surface area contributed by atoms with Crippen molar-refractivity contribution in [3.05, 3.63) is 30.1 Å². The number of rotatable bonds is 8. The van der Waals surface area contributed by atoms with E-state index in [1.54, 1.807) is 0 Å². The first-order valence-electron chi connectivity index (χ1n) is 8.78. The molecule has 1 aliphatic heterocycles. The Morgan fingerprint density at radius 1 is 1.28 bits per heavy atom. The third-order valence-electron chi connectivity index (χ3n) is 4.42. The molecule has 3 rings (SSSR count). The van der Waals surface area contributed by atoms with E-state index >= 15 is 0 Å². The molecule has 136 valence electrons. The Bertz CT molecular complexity index is 695. The largest absolute Gasteiger partial charge is 0.379 e. The van der Waals surface area contributed by atoms with Gasteiger partial charge < -0.3 is 19.4 Å². The van der Waals surface area contributed by atoms with Crippen molar-refractivity contribution in [2.45, 2.75) is 13.0 Å². The van der Waals surface area contributed by atoms with Crippen LogP contribution in [0.3, 0.4) is 0 Å². The quantitative estimate of drug-likeness (QED) is 0.761. The van der Waals surface area contributed by atoms with Crippen LogP contribution in [0.1, 0.15) is 5.82 Å². The lowest BCUT2D eigenvalue weighted by atomic mass is 10.3. The Morgan fingerprint density at radius 2 is 2.08 bits per heavy atom. The summed E-state index contributed by atoms with van der Waals surface area (Å²) in [6.07, 6.45) is 0.702. The molecule has 1 aliphatic rings. The van der Waals surface area contributed by atoms with Crippen LogP contribution >= 0.6 is 0 Å². The van der Waals surface area contributed by atoms with Gasteiger partial charge in [0.05, 0.1) is 24.2 Å². The molecule has 1 aromatic heterocycles. The Balaban J connectivity index is 1.67. The number of benzene rings is 1. The molecule has 0 unspecified atom stereocenters. The zero-order valence-electron chi connectivity index (χ0n) is 14.7. The van der Waals surface area contributed by atoms with E-state index in [0.29, 0.717) is 13.0 Å². The number of nitrogens with one attached hydrogen (secondary N) is 1. The number of aromatic nitrogens is 2. The molecule has 7 heteroatoms. The van der Waals surface area contributed by atoms with Crippen LogP contribution in [0.5, 0.6) is 0 Å². The van der Waals surface area contributed by atoms with E-state index in [1.165, 1.54) is 7.11 Å². The van der Waals surface area contributed by atoms with Gasteiger partial charge in [0.15, 0.2) is 0 Å². The number of ether oxygens (including phenoxy) is 2. The summed E-state index contributed by atoms with van der Waals surface area (Å²) < 4.78 is 12.5. The highest BCUT2D eigenvalue weighted by atomic mass is 16.5. The van der Waals surface area contributed by atoms with Gasteiger partial charge in [-0.2, -0.15) is 0 Å². The molecule has 25 heavy (non-hydrogen) atoms. The van der Waals surface area contributed by atoms with Crippen molar-refractivity contribution in [3.8, 4) is 0 Å². The highest BCUT2D eigenvalue weighted by Crippen LogP contribution is 2.16. The van der Waals surface area contributed by atoms with Crippen molar-refractivity contribution < 1.29 is 14.3 Å². The van der Waals surface area contributed by atoms with Gasteiger partial charge >= 0.3 is 0 Å². The Hall–Kier alpha value is -1.96. The molecular formula is C18H26N4O3. The lowest BCUT2D eigenvalue weighted by molar-refractivity contribution is -0.124. The van der Waals surface area contributed by atoms with Gasteiger partial charge in [0.2, 0.25) is 5.91 Å². The van der Waals surface area contributed by atoms with Crippen LogP contribution < -0.4 is 5.32 Å². The minimum atomic E-state index is -0.0986. The predicted octanol–water partition coefficient (Wildman–Crippen LogP) is 0.674. The fourth-order valence-corrected chi connectivity index (χ4v) is 3.13. The molecule has 0 spiro atoms. The minimum absolute atomic E-state index is 0.0907. The molecular weight excluding hydrogens is 320 g/mol. The number of para-hydroxylation sites is 2. The van der Waals surface area contributed by atoms with Gasteiger partial charge in [-0.25, -0.2) is 4.98 Å². The van der Waals surface area contributed by atoms with Crippen LogP contribution in [0, 0.1) is 0 Å². The number of amides is 1. The standard InChI is InChI=1S/C18H26N4O3/c1-24-14-18(23)19-7-6-17-20-15-4-2-3-5-16(15)22(17)9-8-21-10-12-25-13-11-21/h2-5H,6-14H2,1H3,(H,19,23). The molecule has 1 N–H and O–H groups in total. The predicted molar refractivity (Wildman–Crippen MR) is 95.6 cm³/mol. The summed E-state index contributed by atoms with van der Waals surface area (Å²) in [6, 6.07) is 8.19. The number of hydrogen-bond acceptors (Lipinski definition) is 5. The number of carbonyl (C=O) groups excluding carboxylic acids is 1. The summed E-state index contributed by atoms with van der Waals surface area (Å²) in [5.41, 5.74) is 2.15. The molecule has 1 amide bonds. The Labute approximate surface area is 147 Å². The van der Waals surface area contributed by atoms with E-state index in [4.69, 9.17) is 14.5 Å². The van der Waals surface area contributed by atoms with Gasteiger partial charge in [-0.05, 0) is 12.1 Å². The monoisotopic (exact) mass is 346 g/mol. The normalized spacial score (nSPS) is 15.6. The number of imidazole rings is 1. The van der Waals surface area contributed by atoms with Gasteiger partial charge in [0.25, 0.3) is 0 Å². The molecule has 0 radical (unpaired) electrons. The molecule has 7 nitrogen and oxygen atoms in total. The second-order valence-corrected chi connectivity index (χ2v) is 6.16. The molecule has 0 aliphatic carbocycles. The van der Waals surface area contributed by atoms with E-state index < -0.39 is 0 Å². The summed E-state index contributed by atoms with van der Waals surface area (Å²) in [6.45, 7) is 6.10. The number of fused-ring (bicyclic) bond motifs is 1. The topological polar surface area (TPSA) is 68.6 Å². The maximum atomic E-state index is 11.5. The van der Waals surface area contributed by atoms with Crippen LogP contribution in [-0.2, 0) is 27.2 Å². The Morgan fingerprint density at radius 3 is 2.88 bits per heavy atom. The molecule has 1 fully saturated rings. The second kappa shape index (κ2) is 8.94. The molecule has 1 aromatic carbocycles. The highest BCUT2D eigenvalue weighted by Gasteiger charge is 2.14. The lowest BCUT2D eigenvalue weighted by Gasteiger charge is -2.27. The van der Waals surface area contributed by atoms with E-state index in [0.717, 1.165) is 56.3 Å². The van der Waals surface area contributed by atoms with Crippen LogP contribution in [-0.4, -0.2) is 73.5 Å². The van der Waals surface area contributed by atoms with Gasteiger partial charge in [-0.3, -0.25) is 9.69 Å². The van der Waals surface area contributed by atoms with Crippen LogP contribution in [0.2, 0.25) is 0 Å². The van der Waals surface area contributed by atoms with Gasteiger partial charge in [-0.1, -0.05) is 12.1 Å². The number of carbonyl (C=O) groups is 1. The van der Waals surface area contributed by atoms with Crippen molar-refractivity contribution in [3.63, 3.8) is 0 Å². The molecule has 2 heterocycles. The molecule has 0 atom stereocenters. The summed E-state index contributed by atoms with van der Waals surface area (Å²) >= 11 is 0. The zero-order chi connectivity index (χ0) is 17.5. The fourth-order valence-electron chi connectivity index (χ4n) is 3.13. The number of morpholine rings is 1. The Kier molecular flexibility index (Phi) is 6.38. The summed E-state index contributed by atoms with van der Waals surface area (Å²) in [5, 5.41) is 2.86. The summed E-state index contributed by atoms with van der Waals surface area (Å²) in [5.74, 6) is 0.908. The van der Waals surface area contributed by atoms with Crippen molar-refractivity contribution in [1.82, 2.24) is 19.8 Å². The van der Waals surface area contributed by atoms with E-state index in [2.05, 4.69) is 20.9 Å². The van der Waals surface area contributed by atoms with Crippen LogP contribution in [0.15, 0.2) is 24.3 Å². The fraction of sp³-hybridized carbons (Fsp3) is 0.556. The molecule has 0 bridgehead atoms. The van der Waals surface area contributed by atoms with Crippen molar-refractivity contribution in [2.75, 3.05) is 53.1 Å². The molecule has 0 saturated carbocycles. The van der Waals surface area contributed by atoms with Gasteiger partial charge in [-0.15, -0.1) is 0 Å². The minimum Gasteiger partial charge on any atom is -0.379 e. The SMILES string of the molecule is COCC(=O)NCCc1nc2ccccc2n1CCN1CCOCC1. The van der Waals surface area contributed by atoms with Crippen LogP contribution in [0.25, 0.3) is 11.0 Å². The average Bonchev–Trinajstić information content (AvgIpc) is 2.98. The van der Waals surface area contributed by atoms with Crippen molar-refractivity contribution >= 4 is 16.9 Å². The third kappa shape index (κ3) is 4.78. The summed E-state index contributed by atoms with van der Waals surface area (Å²) in [4.78, 5) is 18.7. The number of methoxy groups -OCH3 is 1. The van der Waals surface area contributed by atoms with Crippen LogP contribution in [0.4, 0.5) is 0 Å². The second-order valence-electron chi connectivity index (χ2n) is 6.16. The first kappa shape index (κ1) is 17.8. The van der Waals surface area contributed by atoms with E-state index in [-0.39, 0.29) is 12.5 Å². The van der Waals surface area contributed by atoms with E-state index in [9.17, 15) is 4.79 Å². The number of hydrogen-bond donors (Lipinski definition) is 1. The zero-order valence-corrected chi connectivity index (χ0v) is 14.7. The highest BCUT2D eigenvalue weighted by molar-refractivity contribution is 5.77. The van der Waals surface area contributed by atoms with Crippen molar-refractivity contribution in [1.29, 1.82) is 0 Å². The number of nitrogens with zero attached hydrogens (tertiary/aromatic N) is 3. The third-order valence-corrected chi connectivity index (χ3v) is 4.42.